The van der Waals surface area contributed by atoms with Crippen molar-refractivity contribution in [2.24, 2.45) is 5.73 Å². The number of nitrogens with two attached hydrogens (primary N) is 1. The lowest BCUT2D eigenvalue weighted by molar-refractivity contribution is 0.100. The highest BCUT2D eigenvalue weighted by atomic mass is 35.5. The summed E-state index contributed by atoms with van der Waals surface area (Å²) in [4.78, 5) is 15.7. The van der Waals surface area contributed by atoms with Gasteiger partial charge in [0.1, 0.15) is 11.5 Å². The standard InChI is InChI=1S/C27H26ClN3O4/c28-20-3-1-2-18(13-20)25(33)15-31-21(16-32)12-17-4-7-22(8-5-17)35-26-10-11-30-24-14-19(27(29)34)6-9-23(24)26/h1-11,13-14,21,25,31-33H,12,15-16H2,(H2,29,34)/t21-,25-/m0/s1. The minimum atomic E-state index is -0.729. The number of benzene rings is 3. The van der Waals surface area contributed by atoms with E-state index in [4.69, 9.17) is 22.1 Å². The van der Waals surface area contributed by atoms with Gasteiger partial charge in [-0.2, -0.15) is 0 Å². The third-order valence-corrected chi connectivity index (χ3v) is 5.91. The predicted octanol–water partition coefficient (Wildman–Crippen LogP) is 4.01. The summed E-state index contributed by atoms with van der Waals surface area (Å²) in [6, 6.07) is 21.3. The largest absolute Gasteiger partial charge is 0.457 e. The molecule has 35 heavy (non-hydrogen) atoms. The molecular formula is C27H26ClN3O4. The second kappa shape index (κ2) is 11.3. The molecule has 0 aliphatic rings. The Labute approximate surface area is 208 Å². The first-order chi connectivity index (χ1) is 16.9. The zero-order valence-corrected chi connectivity index (χ0v) is 19.7. The molecule has 5 N–H and O–H groups in total. The van der Waals surface area contributed by atoms with Gasteiger partial charge in [0, 0.05) is 34.8 Å². The van der Waals surface area contributed by atoms with Crippen molar-refractivity contribution in [1.29, 1.82) is 0 Å². The van der Waals surface area contributed by atoms with Gasteiger partial charge in [-0.25, -0.2) is 0 Å². The number of rotatable bonds is 10. The summed E-state index contributed by atoms with van der Waals surface area (Å²) in [5, 5.41) is 24.7. The summed E-state index contributed by atoms with van der Waals surface area (Å²) in [7, 11) is 0. The Morgan fingerprint density at radius 1 is 1.09 bits per heavy atom. The molecule has 1 aromatic heterocycles. The Morgan fingerprint density at radius 2 is 1.89 bits per heavy atom. The summed E-state index contributed by atoms with van der Waals surface area (Å²) in [6.45, 7) is 0.218. The van der Waals surface area contributed by atoms with Crippen LogP contribution in [0.1, 0.15) is 27.6 Å². The van der Waals surface area contributed by atoms with Gasteiger partial charge >= 0.3 is 0 Å². The fourth-order valence-corrected chi connectivity index (χ4v) is 3.98. The minimum Gasteiger partial charge on any atom is -0.457 e. The molecule has 1 amide bonds. The molecule has 0 aliphatic heterocycles. The van der Waals surface area contributed by atoms with Gasteiger partial charge < -0.3 is 26.0 Å². The molecule has 4 aromatic rings. The van der Waals surface area contributed by atoms with Gasteiger partial charge in [0.15, 0.2) is 0 Å². The van der Waals surface area contributed by atoms with E-state index in [-0.39, 0.29) is 12.6 Å². The monoisotopic (exact) mass is 491 g/mol. The van der Waals surface area contributed by atoms with Crippen LogP contribution in [0.15, 0.2) is 79.0 Å². The van der Waals surface area contributed by atoms with E-state index in [2.05, 4.69) is 10.3 Å². The van der Waals surface area contributed by atoms with Crippen LogP contribution in [0.3, 0.4) is 0 Å². The van der Waals surface area contributed by atoms with E-state index in [0.717, 1.165) is 16.5 Å². The van der Waals surface area contributed by atoms with E-state index in [9.17, 15) is 15.0 Å². The zero-order chi connectivity index (χ0) is 24.8. The van der Waals surface area contributed by atoms with Gasteiger partial charge in [-0.3, -0.25) is 9.78 Å². The lowest BCUT2D eigenvalue weighted by atomic mass is 10.0. The van der Waals surface area contributed by atoms with Crippen LogP contribution in [0.5, 0.6) is 11.5 Å². The van der Waals surface area contributed by atoms with Crippen molar-refractivity contribution < 1.29 is 19.7 Å². The zero-order valence-electron chi connectivity index (χ0n) is 18.9. The number of aliphatic hydroxyl groups is 2. The van der Waals surface area contributed by atoms with Gasteiger partial charge in [0.25, 0.3) is 0 Å². The SMILES string of the molecule is NC(=O)c1ccc2c(Oc3ccc(C[C@@H](CO)NC[C@H](O)c4cccc(Cl)c4)cc3)ccnc2c1. The highest BCUT2D eigenvalue weighted by molar-refractivity contribution is 6.30. The van der Waals surface area contributed by atoms with Crippen LogP contribution < -0.4 is 15.8 Å². The number of aliphatic hydroxyl groups excluding tert-OH is 2. The van der Waals surface area contributed by atoms with Crippen molar-refractivity contribution in [2.75, 3.05) is 13.2 Å². The van der Waals surface area contributed by atoms with E-state index in [1.807, 2.05) is 30.3 Å². The predicted molar refractivity (Wildman–Crippen MR) is 136 cm³/mol. The Bertz CT molecular complexity index is 1310. The number of hydrogen-bond acceptors (Lipinski definition) is 6. The number of carbonyl (C=O) groups is 1. The minimum absolute atomic E-state index is 0.0726. The fourth-order valence-electron chi connectivity index (χ4n) is 3.78. The quantitative estimate of drug-likeness (QED) is 0.266. The number of primary amides is 1. The molecule has 8 heteroatoms. The lowest BCUT2D eigenvalue weighted by Crippen LogP contribution is -2.37. The van der Waals surface area contributed by atoms with Crippen molar-refractivity contribution in [3.05, 3.63) is 101 Å². The van der Waals surface area contributed by atoms with Crippen LogP contribution in [0.4, 0.5) is 0 Å². The van der Waals surface area contributed by atoms with E-state index < -0.39 is 12.0 Å². The van der Waals surface area contributed by atoms with E-state index in [1.54, 1.807) is 48.7 Å². The van der Waals surface area contributed by atoms with Crippen LogP contribution in [0.2, 0.25) is 5.02 Å². The molecular weight excluding hydrogens is 466 g/mol. The Morgan fingerprint density at radius 3 is 2.60 bits per heavy atom. The Hall–Kier alpha value is -3.49. The normalized spacial score (nSPS) is 12.9. The molecule has 4 rings (SSSR count). The van der Waals surface area contributed by atoms with Crippen LogP contribution in [0.25, 0.3) is 10.9 Å². The topological polar surface area (TPSA) is 118 Å². The number of aromatic nitrogens is 1. The molecule has 2 atom stereocenters. The van der Waals surface area contributed by atoms with Gasteiger partial charge in [-0.05, 0) is 66.1 Å². The summed E-state index contributed by atoms with van der Waals surface area (Å²) in [6.07, 6.45) is 1.46. The molecule has 0 saturated heterocycles. The molecule has 1 heterocycles. The molecule has 0 bridgehead atoms. The van der Waals surface area contributed by atoms with Crippen LogP contribution in [-0.2, 0) is 6.42 Å². The van der Waals surface area contributed by atoms with Gasteiger partial charge in [0.05, 0.1) is 18.2 Å². The third kappa shape index (κ3) is 6.35. The number of carbonyl (C=O) groups excluding carboxylic acids is 1. The second-order valence-corrected chi connectivity index (χ2v) is 8.65. The van der Waals surface area contributed by atoms with Crippen LogP contribution in [-0.4, -0.2) is 40.3 Å². The van der Waals surface area contributed by atoms with Gasteiger partial charge in [-0.1, -0.05) is 35.9 Å². The number of hydrogen-bond donors (Lipinski definition) is 4. The smallest absolute Gasteiger partial charge is 0.248 e. The number of ether oxygens (including phenoxy) is 1. The average Bonchev–Trinajstić information content (AvgIpc) is 2.87. The third-order valence-electron chi connectivity index (χ3n) is 5.67. The van der Waals surface area contributed by atoms with E-state index in [0.29, 0.717) is 40.6 Å². The van der Waals surface area contributed by atoms with Crippen molar-refractivity contribution in [3.63, 3.8) is 0 Å². The second-order valence-electron chi connectivity index (χ2n) is 8.21. The van der Waals surface area contributed by atoms with Crippen molar-refractivity contribution in [1.82, 2.24) is 10.3 Å². The van der Waals surface area contributed by atoms with Crippen molar-refractivity contribution in [3.8, 4) is 11.5 Å². The number of nitrogens with zero attached hydrogens (tertiary/aromatic N) is 1. The number of fused-ring (bicyclic) bond motifs is 1. The number of halogens is 1. The highest BCUT2D eigenvalue weighted by Gasteiger charge is 2.13. The Balaban J connectivity index is 1.38. The molecule has 0 saturated carbocycles. The molecule has 180 valence electrons. The van der Waals surface area contributed by atoms with Crippen LogP contribution >= 0.6 is 11.6 Å². The molecule has 0 fully saturated rings. The molecule has 3 aromatic carbocycles. The van der Waals surface area contributed by atoms with Gasteiger partial charge in [0.2, 0.25) is 5.91 Å². The Kier molecular flexibility index (Phi) is 7.94. The first-order valence-corrected chi connectivity index (χ1v) is 11.5. The lowest BCUT2D eigenvalue weighted by Gasteiger charge is -2.19. The number of nitrogens with one attached hydrogen (secondary N) is 1. The summed E-state index contributed by atoms with van der Waals surface area (Å²) in [5.41, 5.74) is 8.09. The number of amides is 1. The molecule has 0 unspecified atom stereocenters. The fraction of sp³-hybridized carbons (Fsp3) is 0.185. The molecule has 0 radical (unpaired) electrons. The van der Waals surface area contributed by atoms with E-state index >= 15 is 0 Å². The molecule has 0 spiro atoms. The first kappa shape index (κ1) is 24.6. The van der Waals surface area contributed by atoms with E-state index in [1.165, 1.54) is 0 Å². The molecule has 0 aliphatic carbocycles. The van der Waals surface area contributed by atoms with Crippen molar-refractivity contribution in [2.45, 2.75) is 18.6 Å². The average molecular weight is 492 g/mol. The van der Waals surface area contributed by atoms with Crippen molar-refractivity contribution >= 4 is 28.4 Å². The van der Waals surface area contributed by atoms with Crippen LogP contribution in [0, 0.1) is 0 Å². The maximum Gasteiger partial charge on any atom is 0.248 e. The molecule has 7 nitrogen and oxygen atoms in total. The summed E-state index contributed by atoms with van der Waals surface area (Å²) >= 11 is 5.99. The first-order valence-electron chi connectivity index (χ1n) is 11.2. The highest BCUT2D eigenvalue weighted by Crippen LogP contribution is 2.29. The maximum atomic E-state index is 11.4. The van der Waals surface area contributed by atoms with Gasteiger partial charge in [-0.15, -0.1) is 0 Å². The maximum absolute atomic E-state index is 11.4. The summed E-state index contributed by atoms with van der Waals surface area (Å²) in [5.74, 6) is 0.749. The number of pyridine rings is 1. The summed E-state index contributed by atoms with van der Waals surface area (Å²) < 4.78 is 6.05.